The Morgan fingerprint density at radius 3 is 2.47 bits per heavy atom. The van der Waals surface area contributed by atoms with E-state index in [0.717, 1.165) is 51.0 Å². The molecule has 0 radical (unpaired) electrons. The first-order chi connectivity index (χ1) is 16.5. The van der Waals surface area contributed by atoms with Crippen LogP contribution in [0, 0.1) is 13.8 Å². The monoisotopic (exact) mass is 472 g/mol. The smallest absolute Gasteiger partial charge is 0.227 e. The number of carbonyl (C=O) groups excluding carboxylic acids is 1. The largest absolute Gasteiger partial charge is 0.383 e. The van der Waals surface area contributed by atoms with Crippen LogP contribution in [0.5, 0.6) is 0 Å². The third-order valence-electron chi connectivity index (χ3n) is 6.21. The number of hydrogen-bond donors (Lipinski definition) is 1. The summed E-state index contributed by atoms with van der Waals surface area (Å²) >= 11 is 1.61. The SMILES string of the molecule is Cc1ccc(-c2nc(C)sc2CC(=O)N2CCN(Cc3nc(N)c4ccccc4n3)CC2)cc1. The zero-order valence-electron chi connectivity index (χ0n) is 19.5. The van der Waals surface area contributed by atoms with Gasteiger partial charge in [-0.25, -0.2) is 15.0 Å². The van der Waals surface area contributed by atoms with Crippen LogP contribution in [0.4, 0.5) is 5.82 Å². The van der Waals surface area contributed by atoms with Gasteiger partial charge in [-0.05, 0) is 26.0 Å². The first kappa shape index (κ1) is 22.4. The lowest BCUT2D eigenvalue weighted by molar-refractivity contribution is -0.132. The van der Waals surface area contributed by atoms with Crippen LogP contribution < -0.4 is 5.73 Å². The van der Waals surface area contributed by atoms with E-state index in [1.807, 2.05) is 36.1 Å². The molecule has 1 aliphatic rings. The summed E-state index contributed by atoms with van der Waals surface area (Å²) in [5.74, 6) is 1.39. The maximum Gasteiger partial charge on any atom is 0.227 e. The Kier molecular flexibility index (Phi) is 6.26. The van der Waals surface area contributed by atoms with Gasteiger partial charge in [0.2, 0.25) is 5.91 Å². The molecule has 2 N–H and O–H groups in total. The lowest BCUT2D eigenvalue weighted by Gasteiger charge is -2.34. The molecule has 0 unspecified atom stereocenters. The molecule has 2 aromatic carbocycles. The molecule has 0 bridgehead atoms. The predicted molar refractivity (Wildman–Crippen MR) is 137 cm³/mol. The molecular weight excluding hydrogens is 444 g/mol. The van der Waals surface area contributed by atoms with Crippen molar-refractivity contribution >= 4 is 34.0 Å². The molecule has 34 heavy (non-hydrogen) atoms. The second-order valence-electron chi connectivity index (χ2n) is 8.75. The molecule has 8 heteroatoms. The molecule has 0 spiro atoms. The number of hydrogen-bond acceptors (Lipinski definition) is 7. The quantitative estimate of drug-likeness (QED) is 0.475. The predicted octanol–water partition coefficient (Wildman–Crippen LogP) is 3.84. The molecule has 174 valence electrons. The van der Waals surface area contributed by atoms with Crippen LogP contribution in [0.25, 0.3) is 22.2 Å². The molecule has 1 saturated heterocycles. The van der Waals surface area contributed by atoms with Crippen molar-refractivity contribution in [2.75, 3.05) is 31.9 Å². The normalized spacial score (nSPS) is 14.6. The summed E-state index contributed by atoms with van der Waals surface area (Å²) in [5.41, 5.74) is 10.2. The number of nitrogens with two attached hydrogens (primary N) is 1. The van der Waals surface area contributed by atoms with Crippen molar-refractivity contribution in [2.24, 2.45) is 0 Å². The van der Waals surface area contributed by atoms with Crippen LogP contribution in [-0.4, -0.2) is 56.8 Å². The van der Waals surface area contributed by atoms with Gasteiger partial charge in [0.25, 0.3) is 0 Å². The summed E-state index contributed by atoms with van der Waals surface area (Å²) in [6.45, 7) is 7.66. The fourth-order valence-electron chi connectivity index (χ4n) is 4.35. The Morgan fingerprint density at radius 1 is 0.971 bits per heavy atom. The second kappa shape index (κ2) is 9.48. The van der Waals surface area contributed by atoms with Gasteiger partial charge in [-0.15, -0.1) is 11.3 Å². The Labute approximate surface area is 203 Å². The highest BCUT2D eigenvalue weighted by Crippen LogP contribution is 2.29. The Morgan fingerprint density at radius 2 is 1.71 bits per heavy atom. The van der Waals surface area contributed by atoms with E-state index in [9.17, 15) is 4.79 Å². The van der Waals surface area contributed by atoms with Crippen molar-refractivity contribution in [1.82, 2.24) is 24.8 Å². The van der Waals surface area contributed by atoms with Crippen LogP contribution in [0.1, 0.15) is 21.3 Å². The summed E-state index contributed by atoms with van der Waals surface area (Å²) in [5, 5.41) is 1.86. The molecular formula is C26H28N6OS. The average molecular weight is 473 g/mol. The highest BCUT2D eigenvalue weighted by atomic mass is 32.1. The number of aryl methyl sites for hydroxylation is 2. The van der Waals surface area contributed by atoms with Gasteiger partial charge in [-0.3, -0.25) is 9.69 Å². The first-order valence-corrected chi connectivity index (χ1v) is 12.3. The zero-order chi connectivity index (χ0) is 23.7. The van der Waals surface area contributed by atoms with Crippen LogP contribution in [0.2, 0.25) is 0 Å². The highest BCUT2D eigenvalue weighted by Gasteiger charge is 2.24. The molecule has 0 saturated carbocycles. The number of piperazine rings is 1. The van der Waals surface area contributed by atoms with E-state index in [1.54, 1.807) is 11.3 Å². The second-order valence-corrected chi connectivity index (χ2v) is 10.0. The fraction of sp³-hybridized carbons (Fsp3) is 0.308. The van der Waals surface area contributed by atoms with Gasteiger partial charge in [0, 0.05) is 42.0 Å². The number of fused-ring (bicyclic) bond motifs is 1. The molecule has 2 aromatic heterocycles. The van der Waals surface area contributed by atoms with E-state index in [2.05, 4.69) is 46.1 Å². The highest BCUT2D eigenvalue weighted by molar-refractivity contribution is 7.12. The minimum atomic E-state index is 0.155. The summed E-state index contributed by atoms with van der Waals surface area (Å²) < 4.78 is 0. The molecule has 0 atom stereocenters. The number of benzene rings is 2. The number of amides is 1. The Hall–Kier alpha value is -3.36. The van der Waals surface area contributed by atoms with Gasteiger partial charge in [0.05, 0.1) is 29.2 Å². The van der Waals surface area contributed by atoms with E-state index >= 15 is 0 Å². The Balaban J connectivity index is 1.21. The van der Waals surface area contributed by atoms with E-state index < -0.39 is 0 Å². The molecule has 3 heterocycles. The van der Waals surface area contributed by atoms with Crippen LogP contribution >= 0.6 is 11.3 Å². The molecule has 4 aromatic rings. The summed E-state index contributed by atoms with van der Waals surface area (Å²) in [6, 6.07) is 16.1. The van der Waals surface area contributed by atoms with Crippen molar-refractivity contribution in [3.63, 3.8) is 0 Å². The Bertz CT molecular complexity index is 1330. The van der Waals surface area contributed by atoms with Gasteiger partial charge in [-0.2, -0.15) is 0 Å². The van der Waals surface area contributed by atoms with Gasteiger partial charge in [0.1, 0.15) is 11.6 Å². The first-order valence-electron chi connectivity index (χ1n) is 11.5. The third-order valence-corrected chi connectivity index (χ3v) is 7.18. The molecule has 7 nitrogen and oxygen atoms in total. The van der Waals surface area contributed by atoms with Crippen molar-refractivity contribution in [3.05, 3.63) is 69.8 Å². The zero-order valence-corrected chi connectivity index (χ0v) is 20.3. The van der Waals surface area contributed by atoms with Crippen LogP contribution in [0.3, 0.4) is 0 Å². The van der Waals surface area contributed by atoms with Gasteiger partial charge < -0.3 is 10.6 Å². The molecule has 1 aliphatic heterocycles. The van der Waals surface area contributed by atoms with Gasteiger partial charge in [-0.1, -0.05) is 42.0 Å². The van der Waals surface area contributed by atoms with Crippen molar-refractivity contribution in [1.29, 1.82) is 0 Å². The number of anilines is 1. The fourth-order valence-corrected chi connectivity index (χ4v) is 5.30. The summed E-state index contributed by atoms with van der Waals surface area (Å²) in [4.78, 5) is 32.3. The number of carbonyl (C=O) groups is 1. The standard InChI is InChI=1S/C26H28N6OS/c1-17-7-9-19(10-8-17)25-22(34-18(2)28-25)15-24(33)32-13-11-31(12-14-32)16-23-29-21-6-4-3-5-20(21)26(27)30-23/h3-10H,11-16H2,1-2H3,(H2,27,29,30). The van der Waals surface area contributed by atoms with Crippen molar-refractivity contribution < 1.29 is 4.79 Å². The van der Waals surface area contributed by atoms with E-state index in [1.165, 1.54) is 5.56 Å². The molecule has 1 amide bonds. The average Bonchev–Trinajstić information content (AvgIpc) is 3.20. The number of rotatable bonds is 5. The number of thiazole rings is 1. The molecule has 1 fully saturated rings. The van der Waals surface area contributed by atoms with E-state index in [4.69, 9.17) is 10.7 Å². The molecule has 5 rings (SSSR count). The maximum atomic E-state index is 13.1. The number of aromatic nitrogens is 3. The minimum Gasteiger partial charge on any atom is -0.383 e. The van der Waals surface area contributed by atoms with Gasteiger partial charge >= 0.3 is 0 Å². The van der Waals surface area contributed by atoms with Crippen molar-refractivity contribution in [3.8, 4) is 11.3 Å². The van der Waals surface area contributed by atoms with E-state index in [-0.39, 0.29) is 5.91 Å². The topological polar surface area (TPSA) is 88.2 Å². The number of nitrogen functional groups attached to an aromatic ring is 1. The lowest BCUT2D eigenvalue weighted by Crippen LogP contribution is -2.48. The van der Waals surface area contributed by atoms with Gasteiger partial charge in [0.15, 0.2) is 0 Å². The minimum absolute atomic E-state index is 0.155. The summed E-state index contributed by atoms with van der Waals surface area (Å²) in [6.07, 6.45) is 0.388. The molecule has 0 aliphatic carbocycles. The number of para-hydroxylation sites is 1. The third kappa shape index (κ3) is 4.78. The van der Waals surface area contributed by atoms with Crippen LogP contribution in [-0.2, 0) is 17.8 Å². The lowest BCUT2D eigenvalue weighted by atomic mass is 10.1. The summed E-state index contributed by atoms with van der Waals surface area (Å²) in [7, 11) is 0. The number of nitrogens with zero attached hydrogens (tertiary/aromatic N) is 5. The van der Waals surface area contributed by atoms with Crippen LogP contribution in [0.15, 0.2) is 48.5 Å². The van der Waals surface area contributed by atoms with Crippen molar-refractivity contribution in [2.45, 2.75) is 26.8 Å². The van der Waals surface area contributed by atoms with E-state index in [0.29, 0.717) is 31.9 Å². The maximum absolute atomic E-state index is 13.1.